The smallest absolute Gasteiger partial charge is 0.306 e. The molecule has 0 aliphatic heterocycles. The van der Waals surface area contributed by atoms with Crippen molar-refractivity contribution < 1.29 is 15.0 Å². The lowest BCUT2D eigenvalue weighted by atomic mass is 9.85. The van der Waals surface area contributed by atoms with Crippen molar-refractivity contribution >= 4 is 5.97 Å². The minimum Gasteiger partial charge on any atom is -0.508 e. The van der Waals surface area contributed by atoms with Crippen LogP contribution in [0.4, 0.5) is 0 Å². The summed E-state index contributed by atoms with van der Waals surface area (Å²) < 4.78 is 0. The minimum absolute atomic E-state index is 0.0208. The first-order valence-electron chi connectivity index (χ1n) is 7.25. The molecule has 1 aliphatic rings. The van der Waals surface area contributed by atoms with Crippen molar-refractivity contribution in [2.45, 2.75) is 51.6 Å². The Bertz CT molecular complexity index is 487. The zero-order chi connectivity index (χ0) is 14.7. The van der Waals surface area contributed by atoms with Gasteiger partial charge in [0, 0.05) is 17.6 Å². The van der Waals surface area contributed by atoms with Gasteiger partial charge >= 0.3 is 5.97 Å². The topological polar surface area (TPSA) is 69.6 Å². The Morgan fingerprint density at radius 2 is 2.15 bits per heavy atom. The molecule has 3 atom stereocenters. The minimum atomic E-state index is -0.692. The lowest BCUT2D eigenvalue weighted by Crippen LogP contribution is -2.37. The summed E-state index contributed by atoms with van der Waals surface area (Å²) in [7, 11) is 0. The van der Waals surface area contributed by atoms with Crippen molar-refractivity contribution in [1.29, 1.82) is 0 Å². The highest BCUT2D eigenvalue weighted by atomic mass is 16.4. The number of rotatable bonds is 4. The summed E-state index contributed by atoms with van der Waals surface area (Å²) in [4.78, 5) is 11.1. The standard InChI is InChI=1S/C16H23NO3/c1-10-6-7-15(18)14(8-10)11(2)17-13-5-3-4-12(9-13)16(19)20/h6-8,11-13,17-18H,3-5,9H2,1-2H3,(H,19,20). The number of benzene rings is 1. The van der Waals surface area contributed by atoms with E-state index in [0.717, 1.165) is 30.4 Å². The maximum atomic E-state index is 11.1. The highest BCUT2D eigenvalue weighted by Crippen LogP contribution is 2.29. The molecule has 3 unspecified atom stereocenters. The predicted octanol–water partition coefficient (Wildman–Crippen LogP) is 2.99. The molecule has 110 valence electrons. The van der Waals surface area contributed by atoms with E-state index in [1.54, 1.807) is 6.07 Å². The monoisotopic (exact) mass is 277 g/mol. The van der Waals surface area contributed by atoms with Gasteiger partial charge in [-0.3, -0.25) is 4.79 Å². The lowest BCUT2D eigenvalue weighted by Gasteiger charge is -2.30. The van der Waals surface area contributed by atoms with E-state index in [4.69, 9.17) is 5.11 Å². The first-order chi connectivity index (χ1) is 9.47. The second-order valence-electron chi connectivity index (χ2n) is 5.85. The van der Waals surface area contributed by atoms with Crippen molar-refractivity contribution in [3.8, 4) is 5.75 Å². The molecular weight excluding hydrogens is 254 g/mol. The van der Waals surface area contributed by atoms with Gasteiger partial charge in [-0.25, -0.2) is 0 Å². The third-order valence-corrected chi connectivity index (χ3v) is 4.16. The van der Waals surface area contributed by atoms with Crippen molar-refractivity contribution in [3.63, 3.8) is 0 Å². The summed E-state index contributed by atoms with van der Waals surface area (Å²) in [5.74, 6) is -0.636. The van der Waals surface area contributed by atoms with Crippen LogP contribution in [-0.4, -0.2) is 22.2 Å². The van der Waals surface area contributed by atoms with Crippen molar-refractivity contribution in [1.82, 2.24) is 5.32 Å². The normalized spacial score (nSPS) is 24.3. The Balaban J connectivity index is 2.02. The fourth-order valence-electron chi connectivity index (χ4n) is 3.03. The molecule has 4 heteroatoms. The Morgan fingerprint density at radius 3 is 2.85 bits per heavy atom. The average Bonchev–Trinajstić information content (AvgIpc) is 2.41. The third kappa shape index (κ3) is 3.51. The first kappa shape index (κ1) is 14.9. The van der Waals surface area contributed by atoms with Gasteiger partial charge in [-0.15, -0.1) is 0 Å². The number of aliphatic carboxylic acids is 1. The zero-order valence-electron chi connectivity index (χ0n) is 12.1. The van der Waals surface area contributed by atoms with Crippen LogP contribution in [0.2, 0.25) is 0 Å². The van der Waals surface area contributed by atoms with E-state index in [1.165, 1.54) is 0 Å². The van der Waals surface area contributed by atoms with Crippen LogP contribution < -0.4 is 5.32 Å². The van der Waals surface area contributed by atoms with Crippen LogP contribution in [-0.2, 0) is 4.79 Å². The molecule has 1 saturated carbocycles. The van der Waals surface area contributed by atoms with E-state index in [-0.39, 0.29) is 18.0 Å². The summed E-state index contributed by atoms with van der Waals surface area (Å²) in [6.45, 7) is 4.01. The number of phenols is 1. The molecule has 0 heterocycles. The zero-order valence-corrected chi connectivity index (χ0v) is 12.1. The van der Waals surface area contributed by atoms with Crippen LogP contribution in [0, 0.1) is 12.8 Å². The molecule has 3 N–H and O–H groups in total. The molecule has 2 rings (SSSR count). The summed E-state index contributed by atoms with van der Waals surface area (Å²) >= 11 is 0. The fourth-order valence-corrected chi connectivity index (χ4v) is 3.03. The Morgan fingerprint density at radius 1 is 1.40 bits per heavy atom. The number of aromatic hydroxyl groups is 1. The van der Waals surface area contributed by atoms with Gasteiger partial charge in [-0.1, -0.05) is 24.1 Å². The molecule has 0 bridgehead atoms. The molecule has 20 heavy (non-hydrogen) atoms. The molecule has 1 aromatic rings. The van der Waals surface area contributed by atoms with Gasteiger partial charge in [0.05, 0.1) is 5.92 Å². The highest BCUT2D eigenvalue weighted by molar-refractivity contribution is 5.70. The van der Waals surface area contributed by atoms with Crippen LogP contribution in [0.25, 0.3) is 0 Å². The molecule has 1 aromatic carbocycles. The van der Waals surface area contributed by atoms with E-state index < -0.39 is 5.97 Å². The van der Waals surface area contributed by atoms with E-state index in [2.05, 4.69) is 5.32 Å². The molecule has 4 nitrogen and oxygen atoms in total. The van der Waals surface area contributed by atoms with Gasteiger partial charge in [0.2, 0.25) is 0 Å². The number of carbonyl (C=O) groups is 1. The highest BCUT2D eigenvalue weighted by Gasteiger charge is 2.28. The Labute approximate surface area is 119 Å². The third-order valence-electron chi connectivity index (χ3n) is 4.16. The second-order valence-corrected chi connectivity index (χ2v) is 5.85. The number of nitrogens with one attached hydrogen (secondary N) is 1. The van der Waals surface area contributed by atoms with Crippen molar-refractivity contribution in [2.24, 2.45) is 5.92 Å². The molecular formula is C16H23NO3. The van der Waals surface area contributed by atoms with Crippen LogP contribution in [0.5, 0.6) is 5.75 Å². The SMILES string of the molecule is Cc1ccc(O)c(C(C)NC2CCCC(C(=O)O)C2)c1. The first-order valence-corrected chi connectivity index (χ1v) is 7.25. The van der Waals surface area contributed by atoms with Crippen LogP contribution in [0.15, 0.2) is 18.2 Å². The van der Waals surface area contributed by atoms with Gasteiger partial charge in [0.15, 0.2) is 0 Å². The molecule has 0 spiro atoms. The van der Waals surface area contributed by atoms with E-state index >= 15 is 0 Å². The quantitative estimate of drug-likeness (QED) is 0.791. The Hall–Kier alpha value is -1.55. The van der Waals surface area contributed by atoms with Gasteiger partial charge < -0.3 is 15.5 Å². The number of phenolic OH excluding ortho intramolecular Hbond substituents is 1. The van der Waals surface area contributed by atoms with E-state index in [1.807, 2.05) is 26.0 Å². The van der Waals surface area contributed by atoms with Crippen molar-refractivity contribution in [2.75, 3.05) is 0 Å². The maximum absolute atomic E-state index is 11.1. The largest absolute Gasteiger partial charge is 0.508 e. The average molecular weight is 277 g/mol. The lowest BCUT2D eigenvalue weighted by molar-refractivity contribution is -0.143. The van der Waals surface area contributed by atoms with Gasteiger partial charge in [-0.2, -0.15) is 0 Å². The summed E-state index contributed by atoms with van der Waals surface area (Å²) in [6, 6.07) is 5.80. The number of carboxylic acid groups (broad SMARTS) is 1. The summed E-state index contributed by atoms with van der Waals surface area (Å²) in [5, 5.41) is 22.5. The Kier molecular flexibility index (Phi) is 4.65. The molecule has 1 fully saturated rings. The summed E-state index contributed by atoms with van der Waals surface area (Å²) in [6.07, 6.45) is 3.39. The summed E-state index contributed by atoms with van der Waals surface area (Å²) in [5.41, 5.74) is 1.99. The van der Waals surface area contributed by atoms with Crippen LogP contribution >= 0.6 is 0 Å². The van der Waals surface area contributed by atoms with Gasteiger partial charge in [-0.05, 0) is 39.2 Å². The fraction of sp³-hybridized carbons (Fsp3) is 0.562. The molecule has 1 aliphatic carbocycles. The number of carboxylic acids is 1. The van der Waals surface area contributed by atoms with E-state index in [0.29, 0.717) is 12.2 Å². The predicted molar refractivity (Wildman–Crippen MR) is 77.8 cm³/mol. The molecule has 0 saturated heterocycles. The second kappa shape index (κ2) is 6.27. The number of hydrogen-bond acceptors (Lipinski definition) is 3. The number of hydrogen-bond donors (Lipinski definition) is 3. The van der Waals surface area contributed by atoms with Gasteiger partial charge in [0.25, 0.3) is 0 Å². The molecule has 0 amide bonds. The molecule has 0 radical (unpaired) electrons. The van der Waals surface area contributed by atoms with Crippen LogP contribution in [0.1, 0.15) is 49.8 Å². The van der Waals surface area contributed by atoms with Crippen molar-refractivity contribution in [3.05, 3.63) is 29.3 Å². The molecule has 0 aromatic heterocycles. The van der Waals surface area contributed by atoms with E-state index in [9.17, 15) is 9.90 Å². The maximum Gasteiger partial charge on any atom is 0.306 e. The van der Waals surface area contributed by atoms with Crippen LogP contribution in [0.3, 0.4) is 0 Å². The number of aryl methyl sites for hydroxylation is 1. The van der Waals surface area contributed by atoms with Gasteiger partial charge in [0.1, 0.15) is 5.75 Å².